The number of benzene rings is 1. The Balaban J connectivity index is 2.02. The molecule has 0 N–H and O–H groups in total. The van der Waals surface area contributed by atoms with E-state index in [9.17, 15) is 10.1 Å². The minimum atomic E-state index is -0.557. The summed E-state index contributed by atoms with van der Waals surface area (Å²) in [6.07, 6.45) is 2.61. The third kappa shape index (κ3) is 3.30. The first-order chi connectivity index (χ1) is 9.61. The van der Waals surface area contributed by atoms with Gasteiger partial charge in [0.15, 0.2) is 0 Å². The first kappa shape index (κ1) is 14.4. The molecule has 2 rings (SSSR count). The van der Waals surface area contributed by atoms with Crippen molar-refractivity contribution in [3.63, 3.8) is 0 Å². The smallest absolute Gasteiger partial charge is 0.240 e. The van der Waals surface area contributed by atoms with Gasteiger partial charge in [0.1, 0.15) is 5.92 Å². The van der Waals surface area contributed by atoms with Crippen LogP contribution in [0.4, 0.5) is 5.69 Å². The standard InChI is InChI=1S/C16H21N3O/c1-18(2)15-7-5-13(6-8-15)11-14(12-17)16(20)19-9-3-4-10-19/h5-8,14H,3-4,9-11H2,1-2H3. The van der Waals surface area contributed by atoms with Gasteiger partial charge in [-0.15, -0.1) is 0 Å². The highest BCUT2D eigenvalue weighted by Gasteiger charge is 2.26. The largest absolute Gasteiger partial charge is 0.378 e. The highest BCUT2D eigenvalue weighted by Crippen LogP contribution is 2.18. The van der Waals surface area contributed by atoms with Gasteiger partial charge in [-0.05, 0) is 37.0 Å². The second-order valence-corrected chi connectivity index (χ2v) is 5.48. The lowest BCUT2D eigenvalue weighted by Crippen LogP contribution is -2.34. The first-order valence-electron chi connectivity index (χ1n) is 7.06. The predicted molar refractivity (Wildman–Crippen MR) is 79.4 cm³/mol. The van der Waals surface area contributed by atoms with Crippen LogP contribution in [0.1, 0.15) is 18.4 Å². The predicted octanol–water partition coefficient (Wildman–Crippen LogP) is 2.06. The van der Waals surface area contributed by atoms with Crippen molar-refractivity contribution >= 4 is 11.6 Å². The summed E-state index contributed by atoms with van der Waals surface area (Å²) in [6.45, 7) is 1.60. The number of carbonyl (C=O) groups is 1. The van der Waals surface area contributed by atoms with Gasteiger partial charge in [0.05, 0.1) is 6.07 Å². The van der Waals surface area contributed by atoms with Crippen LogP contribution in [-0.2, 0) is 11.2 Å². The zero-order valence-corrected chi connectivity index (χ0v) is 12.2. The number of rotatable bonds is 4. The molecule has 1 aromatic carbocycles. The summed E-state index contributed by atoms with van der Waals surface area (Å²) < 4.78 is 0. The molecule has 1 saturated heterocycles. The van der Waals surface area contributed by atoms with Crippen LogP contribution < -0.4 is 4.90 Å². The molecule has 1 unspecified atom stereocenters. The van der Waals surface area contributed by atoms with Gasteiger partial charge in [-0.3, -0.25) is 4.79 Å². The topological polar surface area (TPSA) is 47.3 Å². The van der Waals surface area contributed by atoms with Crippen molar-refractivity contribution in [1.82, 2.24) is 4.90 Å². The van der Waals surface area contributed by atoms with Gasteiger partial charge in [-0.1, -0.05) is 12.1 Å². The van der Waals surface area contributed by atoms with Gasteiger partial charge < -0.3 is 9.80 Å². The highest BCUT2D eigenvalue weighted by atomic mass is 16.2. The molecule has 0 bridgehead atoms. The molecule has 1 aliphatic heterocycles. The zero-order chi connectivity index (χ0) is 14.5. The van der Waals surface area contributed by atoms with E-state index < -0.39 is 5.92 Å². The van der Waals surface area contributed by atoms with E-state index in [1.165, 1.54) is 0 Å². The summed E-state index contributed by atoms with van der Waals surface area (Å²) in [4.78, 5) is 16.1. The van der Waals surface area contributed by atoms with E-state index in [-0.39, 0.29) is 5.91 Å². The molecule has 0 radical (unpaired) electrons. The molecule has 1 atom stereocenters. The lowest BCUT2D eigenvalue weighted by molar-refractivity contribution is -0.132. The second-order valence-electron chi connectivity index (χ2n) is 5.48. The number of likely N-dealkylation sites (tertiary alicyclic amines) is 1. The molecule has 1 heterocycles. The molecule has 4 heteroatoms. The van der Waals surface area contributed by atoms with Crippen LogP contribution in [0.2, 0.25) is 0 Å². The lowest BCUT2D eigenvalue weighted by atomic mass is 9.99. The molecule has 0 aliphatic carbocycles. The molecular formula is C16H21N3O. The van der Waals surface area contributed by atoms with Crippen LogP contribution in [-0.4, -0.2) is 38.0 Å². The summed E-state index contributed by atoms with van der Waals surface area (Å²) in [5, 5.41) is 9.26. The normalized spacial score (nSPS) is 15.8. The maximum Gasteiger partial charge on any atom is 0.240 e. The Morgan fingerprint density at radius 1 is 1.30 bits per heavy atom. The summed E-state index contributed by atoms with van der Waals surface area (Å²) in [6, 6.07) is 10.2. The average Bonchev–Trinajstić information content (AvgIpc) is 2.98. The van der Waals surface area contributed by atoms with Crippen molar-refractivity contribution in [1.29, 1.82) is 5.26 Å². The summed E-state index contributed by atoms with van der Waals surface area (Å²) in [5.41, 5.74) is 2.16. The third-order valence-corrected chi connectivity index (χ3v) is 3.76. The summed E-state index contributed by atoms with van der Waals surface area (Å²) in [7, 11) is 3.98. The third-order valence-electron chi connectivity index (χ3n) is 3.76. The number of hydrogen-bond donors (Lipinski definition) is 0. The monoisotopic (exact) mass is 271 g/mol. The quantitative estimate of drug-likeness (QED) is 0.842. The Hall–Kier alpha value is -2.02. The lowest BCUT2D eigenvalue weighted by Gasteiger charge is -2.19. The van der Waals surface area contributed by atoms with Gasteiger partial charge in [0.2, 0.25) is 5.91 Å². The average molecular weight is 271 g/mol. The van der Waals surface area contributed by atoms with Gasteiger partial charge in [0.25, 0.3) is 0 Å². The molecule has 20 heavy (non-hydrogen) atoms. The van der Waals surface area contributed by atoms with Crippen LogP contribution >= 0.6 is 0 Å². The Bertz CT molecular complexity index is 495. The van der Waals surface area contributed by atoms with Crippen molar-refractivity contribution in [2.45, 2.75) is 19.3 Å². The van der Waals surface area contributed by atoms with Crippen molar-refractivity contribution in [3.8, 4) is 6.07 Å². The maximum absolute atomic E-state index is 12.3. The van der Waals surface area contributed by atoms with Crippen LogP contribution in [0.25, 0.3) is 0 Å². The van der Waals surface area contributed by atoms with Crippen molar-refractivity contribution in [3.05, 3.63) is 29.8 Å². The number of amides is 1. The molecule has 0 saturated carbocycles. The van der Waals surface area contributed by atoms with Crippen molar-refractivity contribution < 1.29 is 4.79 Å². The zero-order valence-electron chi connectivity index (χ0n) is 12.2. The van der Waals surface area contributed by atoms with E-state index >= 15 is 0 Å². The molecule has 1 amide bonds. The minimum Gasteiger partial charge on any atom is -0.378 e. The van der Waals surface area contributed by atoms with E-state index in [0.29, 0.717) is 6.42 Å². The van der Waals surface area contributed by atoms with Gasteiger partial charge in [-0.25, -0.2) is 0 Å². The van der Waals surface area contributed by atoms with Crippen LogP contribution in [0, 0.1) is 17.2 Å². The number of anilines is 1. The molecule has 1 fully saturated rings. The van der Waals surface area contributed by atoms with Gasteiger partial charge in [-0.2, -0.15) is 5.26 Å². The molecule has 0 spiro atoms. The minimum absolute atomic E-state index is 0.0123. The Kier molecular flexibility index (Phi) is 4.62. The van der Waals surface area contributed by atoms with E-state index in [0.717, 1.165) is 37.2 Å². The Morgan fingerprint density at radius 3 is 2.40 bits per heavy atom. The summed E-state index contributed by atoms with van der Waals surface area (Å²) >= 11 is 0. The van der Waals surface area contributed by atoms with Crippen LogP contribution in [0.15, 0.2) is 24.3 Å². The fraction of sp³-hybridized carbons (Fsp3) is 0.500. The molecule has 0 aromatic heterocycles. The van der Waals surface area contributed by atoms with E-state index in [1.54, 1.807) is 0 Å². The fourth-order valence-corrected chi connectivity index (χ4v) is 2.51. The Labute approximate surface area is 120 Å². The van der Waals surface area contributed by atoms with Crippen LogP contribution in [0.3, 0.4) is 0 Å². The number of carbonyl (C=O) groups excluding carboxylic acids is 1. The molecule has 4 nitrogen and oxygen atoms in total. The second kappa shape index (κ2) is 6.42. The fourth-order valence-electron chi connectivity index (χ4n) is 2.51. The van der Waals surface area contributed by atoms with Crippen molar-refractivity contribution in [2.75, 3.05) is 32.1 Å². The SMILES string of the molecule is CN(C)c1ccc(CC(C#N)C(=O)N2CCCC2)cc1. The van der Waals surface area contributed by atoms with Gasteiger partial charge in [0, 0.05) is 32.9 Å². The molecular weight excluding hydrogens is 250 g/mol. The highest BCUT2D eigenvalue weighted by molar-refractivity contribution is 5.81. The van der Waals surface area contributed by atoms with Crippen LogP contribution in [0.5, 0.6) is 0 Å². The maximum atomic E-state index is 12.3. The number of nitrogens with zero attached hydrogens (tertiary/aromatic N) is 3. The van der Waals surface area contributed by atoms with E-state index in [4.69, 9.17) is 0 Å². The number of hydrogen-bond acceptors (Lipinski definition) is 3. The van der Waals surface area contributed by atoms with Gasteiger partial charge >= 0.3 is 0 Å². The summed E-state index contributed by atoms with van der Waals surface area (Å²) in [5.74, 6) is -0.569. The number of nitriles is 1. The molecule has 1 aliphatic rings. The molecule has 1 aromatic rings. The first-order valence-corrected chi connectivity index (χ1v) is 7.06. The van der Waals surface area contributed by atoms with E-state index in [1.807, 2.05) is 48.2 Å². The van der Waals surface area contributed by atoms with E-state index in [2.05, 4.69) is 6.07 Å². The Morgan fingerprint density at radius 2 is 1.90 bits per heavy atom. The molecule has 106 valence electrons. The van der Waals surface area contributed by atoms with Crippen molar-refractivity contribution in [2.24, 2.45) is 5.92 Å².